The Morgan fingerprint density at radius 3 is 2.82 bits per heavy atom. The largest absolute Gasteiger partial charge is 0.348 e. The van der Waals surface area contributed by atoms with Crippen molar-refractivity contribution in [3.8, 4) is 0 Å². The first-order chi connectivity index (χ1) is 13.7. The molecule has 1 atom stereocenters. The first-order valence-corrected chi connectivity index (χ1v) is 9.34. The van der Waals surface area contributed by atoms with Crippen LogP contribution in [0.4, 0.5) is 0 Å². The summed E-state index contributed by atoms with van der Waals surface area (Å²) in [6, 6.07) is 16.3. The summed E-state index contributed by atoms with van der Waals surface area (Å²) in [4.78, 5) is 12.4. The number of hydrogen-bond donors (Lipinski definition) is 1. The smallest absolute Gasteiger partial charge is 0.273 e. The van der Waals surface area contributed by atoms with E-state index in [9.17, 15) is 4.79 Å². The lowest BCUT2D eigenvalue weighted by molar-refractivity contribution is 0.0932. The normalized spacial score (nSPS) is 12.2. The first kappa shape index (κ1) is 17.9. The van der Waals surface area contributed by atoms with Crippen LogP contribution in [0, 0.1) is 0 Å². The number of nitrogens with zero attached hydrogens (tertiary/aromatic N) is 5. The standard InChI is InChI=1S/C21H22N6O/c1-16(10-13-26-12-5-11-22-26)23-21(28)20-15-27(25-24-20)14-18-8-4-7-17-6-2-3-9-19(17)18/h2-9,11-12,15-16H,10,13-14H2,1H3,(H,23,28)/t16-/m0/s1. The quantitative estimate of drug-likeness (QED) is 0.540. The zero-order valence-electron chi connectivity index (χ0n) is 15.7. The predicted octanol–water partition coefficient (Wildman–Crippen LogP) is 2.88. The molecule has 142 valence electrons. The molecule has 0 aliphatic carbocycles. The molecule has 0 aliphatic rings. The van der Waals surface area contributed by atoms with Crippen molar-refractivity contribution >= 4 is 16.7 Å². The van der Waals surface area contributed by atoms with E-state index in [0.29, 0.717) is 12.2 Å². The Balaban J connectivity index is 1.38. The third-order valence-electron chi connectivity index (χ3n) is 4.71. The molecule has 1 amide bonds. The van der Waals surface area contributed by atoms with Crippen molar-refractivity contribution in [2.45, 2.75) is 32.5 Å². The average Bonchev–Trinajstić information content (AvgIpc) is 3.39. The molecule has 4 rings (SSSR count). The van der Waals surface area contributed by atoms with Gasteiger partial charge >= 0.3 is 0 Å². The summed E-state index contributed by atoms with van der Waals surface area (Å²) in [5.41, 5.74) is 1.47. The average molecular weight is 374 g/mol. The summed E-state index contributed by atoms with van der Waals surface area (Å²) in [6.45, 7) is 3.29. The molecule has 28 heavy (non-hydrogen) atoms. The van der Waals surface area contributed by atoms with E-state index >= 15 is 0 Å². The number of nitrogens with one attached hydrogen (secondary N) is 1. The first-order valence-electron chi connectivity index (χ1n) is 9.34. The molecular weight excluding hydrogens is 352 g/mol. The number of aromatic nitrogens is 5. The van der Waals surface area contributed by atoms with Gasteiger partial charge in [-0.2, -0.15) is 5.10 Å². The van der Waals surface area contributed by atoms with Crippen molar-refractivity contribution < 1.29 is 4.79 Å². The third kappa shape index (κ3) is 4.09. The summed E-state index contributed by atoms with van der Waals surface area (Å²) in [7, 11) is 0. The zero-order valence-corrected chi connectivity index (χ0v) is 15.7. The van der Waals surface area contributed by atoms with Crippen LogP contribution < -0.4 is 5.32 Å². The van der Waals surface area contributed by atoms with Gasteiger partial charge in [-0.15, -0.1) is 5.10 Å². The number of fused-ring (bicyclic) bond motifs is 1. The molecule has 2 aromatic heterocycles. The molecule has 0 unspecified atom stereocenters. The highest BCUT2D eigenvalue weighted by atomic mass is 16.2. The Labute approximate surface area is 163 Å². The van der Waals surface area contributed by atoms with Crippen molar-refractivity contribution in [3.05, 3.63) is 78.4 Å². The van der Waals surface area contributed by atoms with Crippen molar-refractivity contribution in [2.75, 3.05) is 0 Å². The predicted molar refractivity (Wildman–Crippen MR) is 107 cm³/mol. The number of carbonyl (C=O) groups is 1. The highest BCUT2D eigenvalue weighted by Crippen LogP contribution is 2.19. The second-order valence-electron chi connectivity index (χ2n) is 6.87. The van der Waals surface area contributed by atoms with E-state index in [-0.39, 0.29) is 11.9 Å². The number of rotatable bonds is 7. The topological polar surface area (TPSA) is 77.6 Å². The molecule has 0 saturated heterocycles. The number of aryl methyl sites for hydroxylation is 1. The van der Waals surface area contributed by atoms with E-state index < -0.39 is 0 Å². The van der Waals surface area contributed by atoms with Gasteiger partial charge in [0.25, 0.3) is 5.91 Å². The van der Waals surface area contributed by atoms with Gasteiger partial charge in [-0.3, -0.25) is 9.48 Å². The molecular formula is C21H22N6O. The molecule has 2 aromatic carbocycles. The molecule has 0 bridgehead atoms. The van der Waals surface area contributed by atoms with Gasteiger partial charge in [0.05, 0.1) is 12.7 Å². The fraction of sp³-hybridized carbons (Fsp3) is 0.238. The minimum absolute atomic E-state index is 0.0138. The van der Waals surface area contributed by atoms with Crippen molar-refractivity contribution in [1.29, 1.82) is 0 Å². The second kappa shape index (κ2) is 8.04. The van der Waals surface area contributed by atoms with Crippen LogP contribution >= 0.6 is 0 Å². The van der Waals surface area contributed by atoms with Gasteiger partial charge in [-0.25, -0.2) is 4.68 Å². The van der Waals surface area contributed by atoms with Crippen LogP contribution in [0.25, 0.3) is 10.8 Å². The van der Waals surface area contributed by atoms with Crippen molar-refractivity contribution in [1.82, 2.24) is 30.1 Å². The highest BCUT2D eigenvalue weighted by molar-refractivity contribution is 5.92. The van der Waals surface area contributed by atoms with Crippen LogP contribution in [0.5, 0.6) is 0 Å². The zero-order chi connectivity index (χ0) is 19.3. The monoisotopic (exact) mass is 374 g/mol. The van der Waals surface area contributed by atoms with E-state index in [1.165, 1.54) is 10.8 Å². The molecule has 0 aliphatic heterocycles. The molecule has 0 spiro atoms. The summed E-state index contributed by atoms with van der Waals surface area (Å²) in [5.74, 6) is -0.211. The highest BCUT2D eigenvalue weighted by Gasteiger charge is 2.14. The van der Waals surface area contributed by atoms with E-state index in [4.69, 9.17) is 0 Å². The number of benzene rings is 2. The maximum absolute atomic E-state index is 12.4. The van der Waals surface area contributed by atoms with Crippen molar-refractivity contribution in [2.24, 2.45) is 0 Å². The maximum atomic E-state index is 12.4. The fourth-order valence-corrected chi connectivity index (χ4v) is 3.21. The van der Waals surface area contributed by atoms with Gasteiger partial charge in [0, 0.05) is 25.0 Å². The molecule has 2 heterocycles. The van der Waals surface area contributed by atoms with E-state index in [0.717, 1.165) is 18.5 Å². The van der Waals surface area contributed by atoms with Crippen LogP contribution in [0.1, 0.15) is 29.4 Å². The minimum atomic E-state index is -0.211. The van der Waals surface area contributed by atoms with Crippen LogP contribution in [0.15, 0.2) is 67.1 Å². The molecule has 7 nitrogen and oxygen atoms in total. The molecule has 0 fully saturated rings. The van der Waals surface area contributed by atoms with Crippen molar-refractivity contribution in [3.63, 3.8) is 0 Å². The summed E-state index contributed by atoms with van der Waals surface area (Å²) in [6.07, 6.45) is 6.14. The van der Waals surface area contributed by atoms with E-state index in [1.54, 1.807) is 17.1 Å². The van der Waals surface area contributed by atoms with Crippen LogP contribution in [0.3, 0.4) is 0 Å². The summed E-state index contributed by atoms with van der Waals surface area (Å²) < 4.78 is 3.55. The Kier molecular flexibility index (Phi) is 5.14. The summed E-state index contributed by atoms with van der Waals surface area (Å²) in [5, 5.41) is 17.7. The van der Waals surface area contributed by atoms with Gasteiger partial charge in [0.15, 0.2) is 5.69 Å². The molecule has 1 N–H and O–H groups in total. The van der Waals surface area contributed by atoms with Gasteiger partial charge in [-0.1, -0.05) is 47.7 Å². The Morgan fingerprint density at radius 1 is 1.11 bits per heavy atom. The lowest BCUT2D eigenvalue weighted by Crippen LogP contribution is -2.33. The molecule has 0 radical (unpaired) electrons. The third-order valence-corrected chi connectivity index (χ3v) is 4.71. The minimum Gasteiger partial charge on any atom is -0.348 e. The fourth-order valence-electron chi connectivity index (χ4n) is 3.21. The Bertz CT molecular complexity index is 1060. The second-order valence-corrected chi connectivity index (χ2v) is 6.87. The van der Waals surface area contributed by atoms with E-state index in [2.05, 4.69) is 45.0 Å². The number of carbonyl (C=O) groups excluding carboxylic acids is 1. The molecule has 7 heteroatoms. The van der Waals surface area contributed by atoms with Crippen LogP contribution in [-0.2, 0) is 13.1 Å². The molecule has 4 aromatic rings. The molecule has 0 saturated carbocycles. The Morgan fingerprint density at radius 2 is 1.96 bits per heavy atom. The number of amides is 1. The van der Waals surface area contributed by atoms with Crippen LogP contribution in [0.2, 0.25) is 0 Å². The van der Waals surface area contributed by atoms with Gasteiger partial charge in [0.2, 0.25) is 0 Å². The van der Waals surface area contributed by atoms with E-state index in [1.807, 2.05) is 42.1 Å². The summed E-state index contributed by atoms with van der Waals surface area (Å²) >= 11 is 0. The lowest BCUT2D eigenvalue weighted by atomic mass is 10.0. The maximum Gasteiger partial charge on any atom is 0.273 e. The van der Waals surface area contributed by atoms with Crippen LogP contribution in [-0.4, -0.2) is 36.7 Å². The lowest BCUT2D eigenvalue weighted by Gasteiger charge is -2.12. The van der Waals surface area contributed by atoms with Gasteiger partial charge in [-0.05, 0) is 35.7 Å². The van der Waals surface area contributed by atoms with Gasteiger partial charge < -0.3 is 5.32 Å². The number of hydrogen-bond acceptors (Lipinski definition) is 4. The SMILES string of the molecule is C[C@@H](CCn1cccn1)NC(=O)c1cn(Cc2cccc3ccccc23)nn1. The van der Waals surface area contributed by atoms with Gasteiger partial charge in [0.1, 0.15) is 0 Å². The Hall–Kier alpha value is -3.48.